The molecule has 2 heterocycles. The molecule has 1 fully saturated rings. The summed E-state index contributed by atoms with van der Waals surface area (Å²) >= 11 is 0. The first-order valence-corrected chi connectivity index (χ1v) is 5.03. The number of nitrogens with zero attached hydrogens (tertiary/aromatic N) is 2. The molecule has 2 rings (SSSR count). The molecule has 1 aromatic rings. The van der Waals surface area contributed by atoms with E-state index in [-0.39, 0.29) is 0 Å². The molecule has 1 atom stereocenters. The average molecular weight is 222 g/mol. The quantitative estimate of drug-likeness (QED) is 0.693. The third-order valence-corrected chi connectivity index (χ3v) is 2.59. The fraction of sp³-hybridized carbons (Fsp3) is 0.400. The fourth-order valence-corrected chi connectivity index (χ4v) is 1.79. The van der Waals surface area contributed by atoms with Crippen molar-refractivity contribution in [3.63, 3.8) is 0 Å². The zero-order chi connectivity index (χ0) is 11.5. The van der Waals surface area contributed by atoms with Gasteiger partial charge in [-0.05, 0) is 6.07 Å². The summed E-state index contributed by atoms with van der Waals surface area (Å²) < 4.78 is 5.24. The van der Waals surface area contributed by atoms with Gasteiger partial charge in [0.25, 0.3) is 0 Å². The highest BCUT2D eigenvalue weighted by Gasteiger charge is 2.28. The van der Waals surface area contributed by atoms with Gasteiger partial charge in [-0.15, -0.1) is 0 Å². The minimum absolute atomic E-state index is 0.303. The van der Waals surface area contributed by atoms with E-state index in [2.05, 4.69) is 4.98 Å². The zero-order valence-electron chi connectivity index (χ0n) is 8.80. The highest BCUT2D eigenvalue weighted by atomic mass is 16.5. The summed E-state index contributed by atoms with van der Waals surface area (Å²) in [6, 6.07) is 1.31. The minimum atomic E-state index is -0.460. The number of nitrogen functional groups attached to an aromatic ring is 1. The third-order valence-electron chi connectivity index (χ3n) is 2.59. The number of hydrogen-bond donors (Lipinski definition) is 2. The highest BCUT2D eigenvalue weighted by Crippen LogP contribution is 2.24. The van der Waals surface area contributed by atoms with Gasteiger partial charge >= 0.3 is 0 Å². The summed E-state index contributed by atoms with van der Waals surface area (Å²) in [6.07, 6.45) is 3.20. The molecule has 4 N–H and O–H groups in total. The van der Waals surface area contributed by atoms with Crippen molar-refractivity contribution in [1.82, 2.24) is 4.98 Å². The molecule has 0 aromatic carbocycles. The van der Waals surface area contributed by atoms with Crippen molar-refractivity contribution in [3.05, 3.63) is 18.5 Å². The number of anilines is 2. The maximum Gasteiger partial charge on any atom is 0.242 e. The molecule has 86 valence electrons. The third kappa shape index (κ3) is 1.92. The highest BCUT2D eigenvalue weighted by molar-refractivity contribution is 5.85. The molecule has 1 aromatic heterocycles. The molecule has 0 bridgehead atoms. The molecule has 0 radical (unpaired) electrons. The molecule has 6 nitrogen and oxygen atoms in total. The molecule has 1 aliphatic heterocycles. The molecule has 16 heavy (non-hydrogen) atoms. The van der Waals surface area contributed by atoms with Gasteiger partial charge in [0.2, 0.25) is 5.91 Å². The molecule has 0 aliphatic carbocycles. The second-order valence-corrected chi connectivity index (χ2v) is 3.62. The number of carbonyl (C=O) groups is 1. The van der Waals surface area contributed by atoms with Crippen molar-refractivity contribution in [3.8, 4) is 0 Å². The van der Waals surface area contributed by atoms with E-state index < -0.39 is 11.9 Å². The van der Waals surface area contributed by atoms with Crippen molar-refractivity contribution < 1.29 is 9.53 Å². The van der Waals surface area contributed by atoms with Gasteiger partial charge in [0.1, 0.15) is 6.04 Å². The maximum absolute atomic E-state index is 11.3. The molecule has 0 saturated carbocycles. The normalized spacial score (nSPS) is 20.8. The second kappa shape index (κ2) is 4.36. The van der Waals surface area contributed by atoms with E-state index in [1.807, 2.05) is 4.90 Å². The Kier molecular flexibility index (Phi) is 2.91. The van der Waals surface area contributed by atoms with Crippen molar-refractivity contribution in [2.75, 3.05) is 30.4 Å². The molecule has 1 unspecified atom stereocenters. The molecule has 6 heteroatoms. The largest absolute Gasteiger partial charge is 0.396 e. The van der Waals surface area contributed by atoms with Gasteiger partial charge in [-0.1, -0.05) is 0 Å². The van der Waals surface area contributed by atoms with Gasteiger partial charge in [0.15, 0.2) is 0 Å². The zero-order valence-corrected chi connectivity index (χ0v) is 8.80. The van der Waals surface area contributed by atoms with Crippen LogP contribution in [-0.4, -0.2) is 36.7 Å². The average Bonchev–Trinajstić information content (AvgIpc) is 2.29. The van der Waals surface area contributed by atoms with Gasteiger partial charge < -0.3 is 21.1 Å². The summed E-state index contributed by atoms with van der Waals surface area (Å²) in [5.41, 5.74) is 12.5. The summed E-state index contributed by atoms with van der Waals surface area (Å²) in [7, 11) is 0. The lowest BCUT2D eigenvalue weighted by Crippen LogP contribution is -2.52. The predicted molar refractivity (Wildman–Crippen MR) is 59.8 cm³/mol. The molecular formula is C10H14N4O2. The summed E-state index contributed by atoms with van der Waals surface area (Å²) in [4.78, 5) is 17.1. The van der Waals surface area contributed by atoms with Crippen LogP contribution >= 0.6 is 0 Å². The van der Waals surface area contributed by atoms with E-state index in [0.717, 1.165) is 5.69 Å². The Morgan fingerprint density at radius 1 is 1.62 bits per heavy atom. The van der Waals surface area contributed by atoms with Crippen LogP contribution in [0.4, 0.5) is 11.4 Å². The predicted octanol–water partition coefficient (Wildman–Crippen LogP) is -0.646. The van der Waals surface area contributed by atoms with Crippen LogP contribution in [0.15, 0.2) is 18.5 Å². The fourth-order valence-electron chi connectivity index (χ4n) is 1.79. The number of hydrogen-bond acceptors (Lipinski definition) is 5. The van der Waals surface area contributed by atoms with Crippen LogP contribution in [0.1, 0.15) is 0 Å². The Hall–Kier alpha value is -1.82. The van der Waals surface area contributed by atoms with Gasteiger partial charge in [0, 0.05) is 12.7 Å². The lowest BCUT2D eigenvalue weighted by Gasteiger charge is -2.35. The molecule has 0 spiro atoms. The van der Waals surface area contributed by atoms with Crippen LogP contribution in [0.25, 0.3) is 0 Å². The van der Waals surface area contributed by atoms with Crippen LogP contribution < -0.4 is 16.4 Å². The first-order valence-electron chi connectivity index (χ1n) is 5.03. The lowest BCUT2D eigenvalue weighted by atomic mass is 10.2. The molecule has 1 amide bonds. The lowest BCUT2D eigenvalue weighted by molar-refractivity contribution is -0.121. The van der Waals surface area contributed by atoms with Crippen molar-refractivity contribution in [1.29, 1.82) is 0 Å². The number of carbonyl (C=O) groups excluding carboxylic acids is 1. The van der Waals surface area contributed by atoms with Crippen LogP contribution in [0.3, 0.4) is 0 Å². The number of pyridine rings is 1. The Bertz CT molecular complexity index is 396. The summed E-state index contributed by atoms with van der Waals surface area (Å²) in [5.74, 6) is -0.407. The van der Waals surface area contributed by atoms with E-state index >= 15 is 0 Å². The van der Waals surface area contributed by atoms with Gasteiger partial charge in [0.05, 0.1) is 30.8 Å². The smallest absolute Gasteiger partial charge is 0.242 e. The number of ether oxygens (including phenoxy) is 1. The number of primary amides is 1. The van der Waals surface area contributed by atoms with Crippen LogP contribution in [0, 0.1) is 0 Å². The summed E-state index contributed by atoms with van der Waals surface area (Å²) in [6.45, 7) is 1.46. The van der Waals surface area contributed by atoms with Crippen LogP contribution in [0.2, 0.25) is 0 Å². The number of amides is 1. The number of morpholine rings is 1. The van der Waals surface area contributed by atoms with E-state index in [1.54, 1.807) is 18.5 Å². The van der Waals surface area contributed by atoms with Crippen LogP contribution in [-0.2, 0) is 9.53 Å². The molecule has 1 aliphatic rings. The first kappa shape index (κ1) is 10.7. The topological polar surface area (TPSA) is 94.5 Å². The van der Waals surface area contributed by atoms with E-state index in [4.69, 9.17) is 16.2 Å². The first-order chi connectivity index (χ1) is 7.70. The SMILES string of the molecule is NC(=O)C1COCCN1c1ccncc1N. The van der Waals surface area contributed by atoms with E-state index in [1.165, 1.54) is 0 Å². The number of rotatable bonds is 2. The Labute approximate surface area is 93.2 Å². The Morgan fingerprint density at radius 2 is 2.44 bits per heavy atom. The van der Waals surface area contributed by atoms with Crippen molar-refractivity contribution >= 4 is 17.3 Å². The van der Waals surface area contributed by atoms with Crippen molar-refractivity contribution in [2.24, 2.45) is 5.73 Å². The minimum Gasteiger partial charge on any atom is -0.396 e. The van der Waals surface area contributed by atoms with E-state index in [0.29, 0.717) is 25.4 Å². The number of aromatic nitrogens is 1. The van der Waals surface area contributed by atoms with Gasteiger partial charge in [-0.25, -0.2) is 0 Å². The summed E-state index contributed by atoms with van der Waals surface area (Å²) in [5, 5.41) is 0. The Balaban J connectivity index is 2.30. The molecule has 1 saturated heterocycles. The van der Waals surface area contributed by atoms with Crippen molar-refractivity contribution in [2.45, 2.75) is 6.04 Å². The maximum atomic E-state index is 11.3. The van der Waals surface area contributed by atoms with E-state index in [9.17, 15) is 4.79 Å². The standard InChI is InChI=1S/C10H14N4O2/c11-7-5-13-2-1-8(7)14-3-4-16-6-9(14)10(12)15/h1-2,5,9H,3-4,6,11H2,(H2,12,15). The van der Waals surface area contributed by atoms with Gasteiger partial charge in [-0.3, -0.25) is 9.78 Å². The Morgan fingerprint density at radius 3 is 3.12 bits per heavy atom. The second-order valence-electron chi connectivity index (χ2n) is 3.62. The van der Waals surface area contributed by atoms with Crippen LogP contribution in [0.5, 0.6) is 0 Å². The molecular weight excluding hydrogens is 208 g/mol. The van der Waals surface area contributed by atoms with Gasteiger partial charge in [-0.2, -0.15) is 0 Å². The monoisotopic (exact) mass is 222 g/mol. The number of nitrogens with two attached hydrogens (primary N) is 2.